The number of rotatable bonds is 5. The molecule has 4 rings (SSSR count). The first kappa shape index (κ1) is 27.0. The fraction of sp³-hybridized carbons (Fsp3) is 0.167. The summed E-state index contributed by atoms with van der Waals surface area (Å²) in [6.45, 7) is 0. The minimum Gasteiger partial charge on any atom is -0.399 e. The molecule has 5 nitrogen and oxygen atoms in total. The summed E-state index contributed by atoms with van der Waals surface area (Å²) in [7, 11) is 0. The van der Waals surface area contributed by atoms with Gasteiger partial charge < -0.3 is 16.8 Å². The van der Waals surface area contributed by atoms with Crippen LogP contribution in [0.25, 0.3) is 0 Å². The molecule has 1 saturated carbocycles. The van der Waals surface area contributed by atoms with E-state index in [-0.39, 0.29) is 33.1 Å². The van der Waals surface area contributed by atoms with Crippen molar-refractivity contribution in [3.63, 3.8) is 0 Å². The summed E-state index contributed by atoms with van der Waals surface area (Å²) < 4.78 is 65.9. The van der Waals surface area contributed by atoms with Gasteiger partial charge in [-0.25, -0.2) is 8.78 Å². The lowest BCUT2D eigenvalue weighted by Crippen LogP contribution is -2.34. The number of hydrogen-bond acceptors (Lipinski definition) is 3. The molecule has 5 N–H and O–H groups in total. The summed E-state index contributed by atoms with van der Waals surface area (Å²) in [5.41, 5.74) is 7.04. The molecule has 37 heavy (non-hydrogen) atoms. The highest BCUT2D eigenvalue weighted by Gasteiger charge is 2.81. The lowest BCUT2D eigenvalue weighted by molar-refractivity contribution is -0.140. The SMILES string of the molecule is NC(=O)C1(c2ccc(Cl)c(NC(=O)c3ccc(N)cc3F)c2)C(c2ccc(F)c(C(F)(F)F)c2)C1(Cl)Cl. The zero-order valence-corrected chi connectivity index (χ0v) is 20.5. The molecule has 0 spiro atoms. The highest BCUT2D eigenvalue weighted by molar-refractivity contribution is 6.55. The Morgan fingerprint density at radius 1 is 0.946 bits per heavy atom. The van der Waals surface area contributed by atoms with Gasteiger partial charge in [-0.2, -0.15) is 13.2 Å². The van der Waals surface area contributed by atoms with Gasteiger partial charge in [0.1, 0.15) is 21.4 Å². The highest BCUT2D eigenvalue weighted by Crippen LogP contribution is 2.74. The Bertz CT molecular complexity index is 1450. The van der Waals surface area contributed by atoms with Gasteiger partial charge in [0, 0.05) is 11.6 Å². The second kappa shape index (κ2) is 9.04. The smallest absolute Gasteiger partial charge is 0.399 e. The largest absolute Gasteiger partial charge is 0.419 e. The summed E-state index contributed by atoms with van der Waals surface area (Å²) in [4.78, 5) is 25.4. The number of primary amides is 1. The molecule has 2 unspecified atom stereocenters. The second-order valence-corrected chi connectivity index (χ2v) is 10.1. The molecular weight excluding hydrogens is 564 g/mol. The predicted molar refractivity (Wildman–Crippen MR) is 130 cm³/mol. The van der Waals surface area contributed by atoms with Crippen molar-refractivity contribution < 1.29 is 31.5 Å². The van der Waals surface area contributed by atoms with Crippen molar-refractivity contribution in [2.75, 3.05) is 11.1 Å². The third-order valence-corrected chi connectivity index (χ3v) is 7.53. The van der Waals surface area contributed by atoms with Gasteiger partial charge in [-0.1, -0.05) is 46.9 Å². The zero-order valence-electron chi connectivity index (χ0n) is 18.3. The molecule has 0 heterocycles. The lowest BCUT2D eigenvalue weighted by atomic mass is 9.89. The third-order valence-electron chi connectivity index (χ3n) is 6.16. The standard InChI is InChI=1S/C24H15Cl3F5N3O2/c25-15-5-2-11(8-18(15)35-20(36)13-4-3-12(33)9-17(13)29)22(21(34)37)19(23(22,26)27)10-1-6-16(28)14(7-10)24(30,31)32/h1-9,19H,33H2,(H2,34,37)(H,35,36). The van der Waals surface area contributed by atoms with Gasteiger partial charge in [-0.3, -0.25) is 9.59 Å². The Labute approximate surface area is 221 Å². The third kappa shape index (κ3) is 4.36. The van der Waals surface area contributed by atoms with Gasteiger partial charge in [0.05, 0.1) is 21.8 Å². The first-order chi connectivity index (χ1) is 17.1. The van der Waals surface area contributed by atoms with E-state index in [0.29, 0.717) is 12.1 Å². The van der Waals surface area contributed by atoms with Crippen molar-refractivity contribution in [3.8, 4) is 0 Å². The minimum atomic E-state index is -5.03. The van der Waals surface area contributed by atoms with Crippen LogP contribution in [0.2, 0.25) is 5.02 Å². The van der Waals surface area contributed by atoms with Crippen LogP contribution in [-0.2, 0) is 16.4 Å². The van der Waals surface area contributed by atoms with Crippen molar-refractivity contribution >= 4 is 58.0 Å². The molecule has 0 bridgehead atoms. The number of carbonyl (C=O) groups excluding carboxylic acids is 2. The van der Waals surface area contributed by atoms with E-state index in [1.54, 1.807) is 0 Å². The molecule has 13 heteroatoms. The van der Waals surface area contributed by atoms with Crippen molar-refractivity contribution in [1.82, 2.24) is 0 Å². The molecule has 194 valence electrons. The van der Waals surface area contributed by atoms with Gasteiger partial charge >= 0.3 is 6.18 Å². The molecule has 3 aromatic carbocycles. The maximum absolute atomic E-state index is 14.2. The number of amides is 2. The fourth-order valence-electron chi connectivity index (χ4n) is 4.38. The maximum atomic E-state index is 14.2. The van der Waals surface area contributed by atoms with Gasteiger partial charge in [-0.15, -0.1) is 0 Å². The number of nitrogens with two attached hydrogens (primary N) is 2. The van der Waals surface area contributed by atoms with Crippen LogP contribution in [0.5, 0.6) is 0 Å². The Hall–Kier alpha value is -3.08. The first-order valence-corrected chi connectivity index (χ1v) is 11.5. The zero-order chi connectivity index (χ0) is 27.5. The van der Waals surface area contributed by atoms with Crippen molar-refractivity contribution in [3.05, 3.63) is 93.5 Å². The lowest BCUT2D eigenvalue weighted by Gasteiger charge is -2.18. The van der Waals surface area contributed by atoms with Crippen molar-refractivity contribution in [2.24, 2.45) is 5.73 Å². The number of nitrogen functional groups attached to an aromatic ring is 1. The number of halogens is 8. The van der Waals surface area contributed by atoms with Crippen LogP contribution in [0.3, 0.4) is 0 Å². The maximum Gasteiger partial charge on any atom is 0.419 e. The molecule has 0 radical (unpaired) electrons. The van der Waals surface area contributed by atoms with E-state index >= 15 is 0 Å². The van der Waals surface area contributed by atoms with Gasteiger partial charge in [-0.05, 0) is 53.6 Å². The summed E-state index contributed by atoms with van der Waals surface area (Å²) >= 11 is 19.1. The van der Waals surface area contributed by atoms with Crippen LogP contribution >= 0.6 is 34.8 Å². The number of carbonyl (C=O) groups is 2. The minimum absolute atomic E-state index is 0.00496. The van der Waals surface area contributed by atoms with Crippen LogP contribution in [-0.4, -0.2) is 16.1 Å². The van der Waals surface area contributed by atoms with Crippen molar-refractivity contribution in [2.45, 2.75) is 21.8 Å². The number of nitrogens with one attached hydrogen (secondary N) is 1. The Morgan fingerprint density at radius 3 is 2.22 bits per heavy atom. The number of hydrogen-bond donors (Lipinski definition) is 3. The fourth-order valence-corrected chi connectivity index (χ4v) is 5.64. The van der Waals surface area contributed by atoms with E-state index in [2.05, 4.69) is 5.32 Å². The summed E-state index contributed by atoms with van der Waals surface area (Å²) in [6, 6.07) is 9.28. The van der Waals surface area contributed by atoms with Crippen LogP contribution < -0.4 is 16.8 Å². The average molecular weight is 579 g/mol. The Balaban J connectivity index is 1.78. The quantitative estimate of drug-likeness (QED) is 0.192. The van der Waals surface area contributed by atoms with E-state index in [9.17, 15) is 31.5 Å². The topological polar surface area (TPSA) is 98.2 Å². The van der Waals surface area contributed by atoms with E-state index in [1.807, 2.05) is 0 Å². The molecule has 2 atom stereocenters. The number of benzene rings is 3. The monoisotopic (exact) mass is 577 g/mol. The predicted octanol–water partition coefficient (Wildman–Crippen LogP) is 6.17. The highest BCUT2D eigenvalue weighted by atomic mass is 35.5. The van der Waals surface area contributed by atoms with Crippen molar-refractivity contribution in [1.29, 1.82) is 0 Å². The average Bonchev–Trinajstić information content (AvgIpc) is 3.32. The molecule has 0 aromatic heterocycles. The van der Waals surface area contributed by atoms with Crippen LogP contribution in [0.4, 0.5) is 33.3 Å². The Morgan fingerprint density at radius 2 is 1.62 bits per heavy atom. The molecule has 0 saturated heterocycles. The Kier molecular flexibility index (Phi) is 6.59. The number of alkyl halides is 5. The summed E-state index contributed by atoms with van der Waals surface area (Å²) in [5.74, 6) is -5.75. The van der Waals surface area contributed by atoms with Crippen LogP contribution in [0, 0.1) is 11.6 Å². The van der Waals surface area contributed by atoms with Gasteiger partial charge in [0.2, 0.25) is 5.91 Å². The normalized spacial score (nSPS) is 20.4. The van der Waals surface area contributed by atoms with E-state index in [0.717, 1.165) is 18.2 Å². The molecule has 1 aliphatic rings. The van der Waals surface area contributed by atoms with E-state index in [1.165, 1.54) is 24.3 Å². The molecule has 1 aliphatic carbocycles. The number of anilines is 2. The van der Waals surface area contributed by atoms with Crippen LogP contribution in [0.15, 0.2) is 54.6 Å². The van der Waals surface area contributed by atoms with Crippen LogP contribution in [0.1, 0.15) is 33.0 Å². The molecule has 0 aliphatic heterocycles. The summed E-state index contributed by atoms with van der Waals surface area (Å²) in [6.07, 6.45) is -5.03. The molecular formula is C24H15Cl3F5N3O2. The molecule has 3 aromatic rings. The van der Waals surface area contributed by atoms with E-state index in [4.69, 9.17) is 46.3 Å². The summed E-state index contributed by atoms with van der Waals surface area (Å²) in [5, 5.41) is 2.37. The van der Waals surface area contributed by atoms with Gasteiger partial charge in [0.25, 0.3) is 5.91 Å². The second-order valence-electron chi connectivity index (χ2n) is 8.35. The van der Waals surface area contributed by atoms with Gasteiger partial charge in [0.15, 0.2) is 0 Å². The van der Waals surface area contributed by atoms with E-state index < -0.39 is 50.9 Å². The molecule has 1 fully saturated rings. The first-order valence-electron chi connectivity index (χ1n) is 10.3. The molecule has 2 amide bonds.